The largest absolute Gasteiger partial charge is 0.495 e. The summed E-state index contributed by atoms with van der Waals surface area (Å²) in [5.41, 5.74) is 5.19. The van der Waals surface area contributed by atoms with Gasteiger partial charge in [0.1, 0.15) is 11.5 Å². The monoisotopic (exact) mass is 394 g/mol. The fraction of sp³-hybridized carbons (Fsp3) is 0.550. The van der Waals surface area contributed by atoms with Crippen LogP contribution in [0.25, 0.3) is 0 Å². The lowest BCUT2D eigenvalue weighted by molar-refractivity contribution is 0.392. The van der Waals surface area contributed by atoms with Crippen LogP contribution in [0.3, 0.4) is 0 Å². The predicted molar refractivity (Wildman–Crippen MR) is 104 cm³/mol. The Labute approximate surface area is 164 Å². The van der Waals surface area contributed by atoms with Crippen LogP contribution in [0.4, 0.5) is 0 Å². The summed E-state index contributed by atoms with van der Waals surface area (Å²) >= 11 is 13.2. The first-order chi connectivity index (χ1) is 12.5. The number of fused-ring (bicyclic) bond motifs is 1. The third-order valence-electron chi connectivity index (χ3n) is 6.19. The summed E-state index contributed by atoms with van der Waals surface area (Å²) in [6, 6.07) is 1.74. The lowest BCUT2D eigenvalue weighted by atomic mass is 9.80. The van der Waals surface area contributed by atoms with Crippen LogP contribution in [-0.2, 0) is 18.3 Å². The molecule has 1 heterocycles. The van der Waals surface area contributed by atoms with E-state index in [9.17, 15) is 0 Å². The Morgan fingerprint density at radius 2 is 1.85 bits per heavy atom. The molecule has 1 N–H and O–H groups in total. The smallest absolute Gasteiger partial charge is 0.141 e. The van der Waals surface area contributed by atoms with Crippen LogP contribution < -0.4 is 9.47 Å². The van der Waals surface area contributed by atoms with Crippen LogP contribution in [0.1, 0.15) is 61.0 Å². The first-order valence-corrected chi connectivity index (χ1v) is 9.96. The Bertz CT molecular complexity index is 815. The van der Waals surface area contributed by atoms with Crippen molar-refractivity contribution in [3.63, 3.8) is 0 Å². The Morgan fingerprint density at radius 1 is 1.19 bits per heavy atom. The highest BCUT2D eigenvalue weighted by Gasteiger charge is 2.47. The van der Waals surface area contributed by atoms with Crippen LogP contribution >= 0.6 is 23.2 Å². The molecule has 0 saturated heterocycles. The average Bonchev–Trinajstić information content (AvgIpc) is 3.34. The van der Waals surface area contributed by atoms with E-state index in [1.165, 1.54) is 36.2 Å². The molecule has 2 aliphatic rings. The third-order valence-corrected chi connectivity index (χ3v) is 6.97. The molecule has 0 radical (unpaired) electrons. The number of benzene rings is 1. The fourth-order valence-corrected chi connectivity index (χ4v) is 5.17. The number of H-pyrrole nitrogens is 1. The molecule has 4 nitrogen and oxygen atoms in total. The zero-order valence-electron chi connectivity index (χ0n) is 15.4. The van der Waals surface area contributed by atoms with Crippen LogP contribution in [0.15, 0.2) is 6.07 Å². The maximum atomic E-state index is 6.62. The molecule has 6 heteroatoms. The lowest BCUT2D eigenvalue weighted by Crippen LogP contribution is -2.16. The van der Waals surface area contributed by atoms with Crippen LogP contribution in [0.2, 0.25) is 10.0 Å². The third kappa shape index (κ3) is 2.69. The quantitative estimate of drug-likeness (QED) is 0.733. The molecule has 1 unspecified atom stereocenters. The summed E-state index contributed by atoms with van der Waals surface area (Å²) < 4.78 is 10.8. The van der Waals surface area contributed by atoms with Gasteiger partial charge in [0.25, 0.3) is 0 Å². The number of aromatic nitrogens is 2. The number of nitrogens with zero attached hydrogens (tertiary/aromatic N) is 1. The standard InChI is InChI=1S/C20H24Cl2N2O2/c1-4-20(7-8-20)19-12-6-5-11(9-13(12)23-24-19)16-17(21)14(25-2)10-15(26-3)18(16)22/h10-11H,4-9H2,1-3H3,(H,23,24). The van der Waals surface area contributed by atoms with Crippen LogP contribution in [-0.4, -0.2) is 24.4 Å². The van der Waals surface area contributed by atoms with Crippen molar-refractivity contribution in [2.24, 2.45) is 0 Å². The van der Waals surface area contributed by atoms with Crippen molar-refractivity contribution >= 4 is 23.2 Å². The van der Waals surface area contributed by atoms with E-state index in [0.717, 1.165) is 24.8 Å². The average molecular weight is 395 g/mol. The molecular formula is C20H24Cl2N2O2. The molecule has 0 bridgehead atoms. The zero-order chi connectivity index (χ0) is 18.5. The topological polar surface area (TPSA) is 47.1 Å². The number of methoxy groups -OCH3 is 2. The maximum absolute atomic E-state index is 6.62. The second kappa shape index (κ2) is 6.65. The Hall–Kier alpha value is -1.39. The predicted octanol–water partition coefficient (Wildman–Crippen LogP) is 5.45. The highest BCUT2D eigenvalue weighted by molar-refractivity contribution is 6.38. The number of nitrogens with one attached hydrogen (secondary N) is 1. The highest BCUT2D eigenvalue weighted by Crippen LogP contribution is 2.53. The van der Waals surface area contributed by atoms with E-state index in [-0.39, 0.29) is 5.92 Å². The summed E-state index contributed by atoms with van der Waals surface area (Å²) in [4.78, 5) is 0. The number of halogens is 2. The molecule has 0 amide bonds. The molecule has 1 saturated carbocycles. The molecule has 1 atom stereocenters. The zero-order valence-corrected chi connectivity index (χ0v) is 16.9. The van der Waals surface area contributed by atoms with Crippen LogP contribution in [0, 0.1) is 0 Å². The van der Waals surface area contributed by atoms with Crippen molar-refractivity contribution in [3.05, 3.63) is 38.6 Å². The van der Waals surface area contributed by atoms with Crippen molar-refractivity contribution in [1.82, 2.24) is 10.2 Å². The van der Waals surface area contributed by atoms with Crippen molar-refractivity contribution < 1.29 is 9.47 Å². The molecule has 2 aromatic rings. The number of ether oxygens (including phenoxy) is 2. The minimum absolute atomic E-state index is 0.219. The van der Waals surface area contributed by atoms with E-state index in [1.54, 1.807) is 20.3 Å². The summed E-state index contributed by atoms with van der Waals surface area (Å²) in [6.07, 6.45) is 6.54. The van der Waals surface area contributed by atoms with Gasteiger partial charge in [0, 0.05) is 22.7 Å². The molecule has 26 heavy (non-hydrogen) atoms. The number of rotatable bonds is 5. The molecule has 140 valence electrons. The van der Waals surface area contributed by atoms with Gasteiger partial charge in [-0.25, -0.2) is 0 Å². The van der Waals surface area contributed by atoms with Gasteiger partial charge < -0.3 is 9.47 Å². The van der Waals surface area contributed by atoms with Gasteiger partial charge in [0.15, 0.2) is 0 Å². The van der Waals surface area contributed by atoms with Gasteiger partial charge in [-0.2, -0.15) is 5.10 Å². The SMILES string of the molecule is CCC1(c2n[nH]c3c2CCC(c2c(Cl)c(OC)cc(OC)c2Cl)C3)CC1. The second-order valence-electron chi connectivity index (χ2n) is 7.43. The van der Waals surface area contributed by atoms with E-state index in [4.69, 9.17) is 37.8 Å². The van der Waals surface area contributed by atoms with Crippen molar-refractivity contribution in [1.29, 1.82) is 0 Å². The molecule has 1 fully saturated rings. The minimum atomic E-state index is 0.219. The van der Waals surface area contributed by atoms with Gasteiger partial charge in [-0.3, -0.25) is 5.10 Å². The Balaban J connectivity index is 1.70. The second-order valence-corrected chi connectivity index (χ2v) is 8.18. The normalized spacial score (nSPS) is 20.6. The summed E-state index contributed by atoms with van der Waals surface area (Å²) in [7, 11) is 3.22. The van der Waals surface area contributed by atoms with Crippen molar-refractivity contribution in [2.45, 2.75) is 56.8 Å². The highest BCUT2D eigenvalue weighted by atomic mass is 35.5. The van der Waals surface area contributed by atoms with Crippen molar-refractivity contribution in [2.75, 3.05) is 14.2 Å². The lowest BCUT2D eigenvalue weighted by Gasteiger charge is -2.26. The summed E-state index contributed by atoms with van der Waals surface area (Å²) in [5, 5.41) is 9.17. The van der Waals surface area contributed by atoms with E-state index in [1.807, 2.05) is 0 Å². The van der Waals surface area contributed by atoms with Gasteiger partial charge in [0.2, 0.25) is 0 Å². The number of hydrogen-bond acceptors (Lipinski definition) is 3. The number of hydrogen-bond donors (Lipinski definition) is 1. The van der Waals surface area contributed by atoms with E-state index in [0.29, 0.717) is 27.0 Å². The van der Waals surface area contributed by atoms with E-state index < -0.39 is 0 Å². The molecular weight excluding hydrogens is 371 g/mol. The van der Waals surface area contributed by atoms with Gasteiger partial charge in [-0.1, -0.05) is 30.1 Å². The molecule has 4 rings (SSSR count). The van der Waals surface area contributed by atoms with Gasteiger partial charge in [0.05, 0.1) is 30.0 Å². The van der Waals surface area contributed by atoms with Crippen molar-refractivity contribution in [3.8, 4) is 11.5 Å². The molecule has 1 aromatic carbocycles. The van der Waals surface area contributed by atoms with Crippen LogP contribution in [0.5, 0.6) is 11.5 Å². The Morgan fingerprint density at radius 3 is 2.38 bits per heavy atom. The molecule has 2 aliphatic carbocycles. The first-order valence-electron chi connectivity index (χ1n) is 9.21. The van der Waals surface area contributed by atoms with E-state index >= 15 is 0 Å². The summed E-state index contributed by atoms with van der Waals surface area (Å²) in [5.74, 6) is 1.42. The first kappa shape index (κ1) is 18.0. The molecule has 0 spiro atoms. The van der Waals surface area contributed by atoms with Gasteiger partial charge in [-0.15, -0.1) is 0 Å². The summed E-state index contributed by atoms with van der Waals surface area (Å²) in [6.45, 7) is 2.27. The van der Waals surface area contributed by atoms with E-state index in [2.05, 4.69) is 12.0 Å². The maximum Gasteiger partial charge on any atom is 0.141 e. The van der Waals surface area contributed by atoms with Gasteiger partial charge >= 0.3 is 0 Å². The van der Waals surface area contributed by atoms with Gasteiger partial charge in [-0.05, 0) is 50.0 Å². The number of aromatic amines is 1. The fourth-order valence-electron chi connectivity index (χ4n) is 4.36. The Kier molecular flexibility index (Phi) is 4.60. The molecule has 0 aliphatic heterocycles. The minimum Gasteiger partial charge on any atom is -0.495 e. The molecule has 1 aromatic heterocycles.